The summed E-state index contributed by atoms with van der Waals surface area (Å²) in [6.45, 7) is 4.57. The van der Waals surface area contributed by atoms with Crippen molar-refractivity contribution in [3.63, 3.8) is 0 Å². The average molecular weight is 296 g/mol. The molecule has 0 amide bonds. The van der Waals surface area contributed by atoms with E-state index < -0.39 is 10.0 Å². The van der Waals surface area contributed by atoms with Gasteiger partial charge in [-0.2, -0.15) is 0 Å². The third-order valence-corrected chi connectivity index (χ3v) is 5.88. The fourth-order valence-electron chi connectivity index (χ4n) is 2.87. The summed E-state index contributed by atoms with van der Waals surface area (Å²) in [5.41, 5.74) is 0.882. The first-order valence-electron chi connectivity index (χ1n) is 7.24. The molecule has 1 aromatic rings. The number of anilines is 1. The Kier molecular flexibility index (Phi) is 4.70. The van der Waals surface area contributed by atoms with Crippen LogP contribution in [0, 0.1) is 11.8 Å². The van der Waals surface area contributed by atoms with Crippen LogP contribution in [0.15, 0.2) is 29.2 Å². The zero-order valence-corrected chi connectivity index (χ0v) is 13.2. The predicted octanol–water partition coefficient (Wildman–Crippen LogP) is 2.83. The average Bonchev–Trinajstić information content (AvgIpc) is 2.44. The summed E-state index contributed by atoms with van der Waals surface area (Å²) in [5.74, 6) is 1.32. The summed E-state index contributed by atoms with van der Waals surface area (Å²) in [4.78, 5) is 0.307. The van der Waals surface area contributed by atoms with E-state index in [1.54, 1.807) is 18.2 Å². The van der Waals surface area contributed by atoms with Crippen molar-refractivity contribution >= 4 is 15.7 Å². The highest BCUT2D eigenvalue weighted by molar-refractivity contribution is 7.89. The molecule has 0 bridgehead atoms. The number of sulfonamides is 1. The van der Waals surface area contributed by atoms with Gasteiger partial charge in [0, 0.05) is 11.7 Å². The summed E-state index contributed by atoms with van der Waals surface area (Å²) in [5, 5.41) is 3.51. The Morgan fingerprint density at radius 1 is 1.20 bits per heavy atom. The zero-order chi connectivity index (χ0) is 14.8. The second-order valence-corrected chi connectivity index (χ2v) is 7.64. The van der Waals surface area contributed by atoms with Crippen molar-refractivity contribution in [1.82, 2.24) is 4.72 Å². The molecule has 0 heterocycles. The van der Waals surface area contributed by atoms with Crippen molar-refractivity contribution < 1.29 is 8.42 Å². The molecule has 4 nitrogen and oxygen atoms in total. The van der Waals surface area contributed by atoms with E-state index >= 15 is 0 Å². The third kappa shape index (κ3) is 3.33. The van der Waals surface area contributed by atoms with E-state index in [2.05, 4.69) is 23.9 Å². The maximum Gasteiger partial charge on any atom is 0.240 e. The van der Waals surface area contributed by atoms with Crippen LogP contribution >= 0.6 is 0 Å². The van der Waals surface area contributed by atoms with Crippen molar-refractivity contribution in [3.05, 3.63) is 24.3 Å². The topological polar surface area (TPSA) is 58.2 Å². The summed E-state index contributed by atoms with van der Waals surface area (Å²) < 4.78 is 26.0. The molecule has 1 aliphatic carbocycles. The first-order valence-corrected chi connectivity index (χ1v) is 8.72. The van der Waals surface area contributed by atoms with Crippen LogP contribution in [-0.4, -0.2) is 21.5 Å². The monoisotopic (exact) mass is 296 g/mol. The van der Waals surface area contributed by atoms with Crippen LogP contribution in [0.4, 0.5) is 5.69 Å². The second kappa shape index (κ2) is 6.14. The summed E-state index contributed by atoms with van der Waals surface area (Å²) in [7, 11) is -1.94. The lowest BCUT2D eigenvalue weighted by molar-refractivity contribution is 0.253. The van der Waals surface area contributed by atoms with Gasteiger partial charge in [0.15, 0.2) is 0 Å². The number of hydrogen-bond acceptors (Lipinski definition) is 3. The quantitative estimate of drug-likeness (QED) is 0.898. The van der Waals surface area contributed by atoms with Crippen LogP contribution in [0.3, 0.4) is 0 Å². The maximum absolute atomic E-state index is 11.8. The Morgan fingerprint density at radius 3 is 2.65 bits per heavy atom. The summed E-state index contributed by atoms with van der Waals surface area (Å²) in [6.07, 6.45) is 3.67. The molecule has 0 saturated heterocycles. The maximum atomic E-state index is 11.8. The van der Waals surface area contributed by atoms with Crippen LogP contribution in [0.25, 0.3) is 0 Å². The molecule has 2 N–H and O–H groups in total. The van der Waals surface area contributed by atoms with Gasteiger partial charge in [-0.1, -0.05) is 32.8 Å². The van der Waals surface area contributed by atoms with Gasteiger partial charge in [-0.3, -0.25) is 0 Å². The van der Waals surface area contributed by atoms with Crippen LogP contribution in [-0.2, 0) is 10.0 Å². The molecular weight excluding hydrogens is 272 g/mol. The third-order valence-electron chi connectivity index (χ3n) is 4.47. The largest absolute Gasteiger partial charge is 0.382 e. The lowest BCUT2D eigenvalue weighted by Crippen LogP contribution is -2.35. The lowest BCUT2D eigenvalue weighted by atomic mass is 9.78. The molecule has 2 rings (SSSR count). The summed E-state index contributed by atoms with van der Waals surface area (Å²) in [6, 6.07) is 7.46. The normalized spacial score (nSPS) is 27.2. The van der Waals surface area contributed by atoms with Gasteiger partial charge >= 0.3 is 0 Å². The van der Waals surface area contributed by atoms with Gasteiger partial charge in [0.25, 0.3) is 0 Å². The molecule has 1 aliphatic rings. The van der Waals surface area contributed by atoms with Gasteiger partial charge < -0.3 is 5.32 Å². The molecule has 1 fully saturated rings. The molecule has 20 heavy (non-hydrogen) atoms. The molecule has 3 atom stereocenters. The van der Waals surface area contributed by atoms with E-state index in [1.165, 1.54) is 19.9 Å². The van der Waals surface area contributed by atoms with Crippen LogP contribution in [0.2, 0.25) is 0 Å². The Hall–Kier alpha value is -1.07. The first kappa shape index (κ1) is 15.3. The van der Waals surface area contributed by atoms with Crippen LogP contribution in [0.1, 0.15) is 33.1 Å². The summed E-state index contributed by atoms with van der Waals surface area (Å²) >= 11 is 0. The lowest BCUT2D eigenvalue weighted by Gasteiger charge is -2.35. The Balaban J connectivity index is 2.16. The van der Waals surface area contributed by atoms with Crippen LogP contribution in [0.5, 0.6) is 0 Å². The predicted molar refractivity (Wildman–Crippen MR) is 82.3 cm³/mol. The number of nitrogens with one attached hydrogen (secondary N) is 2. The molecule has 0 spiro atoms. The fraction of sp³-hybridized carbons (Fsp3) is 0.600. The van der Waals surface area contributed by atoms with Crippen molar-refractivity contribution in [2.24, 2.45) is 11.8 Å². The Morgan fingerprint density at radius 2 is 1.95 bits per heavy atom. The van der Waals surface area contributed by atoms with E-state index in [9.17, 15) is 8.42 Å². The minimum Gasteiger partial charge on any atom is -0.382 e. The SMILES string of the molecule is CNS(=O)(=O)c1cccc(NC2CCCC(C)C2C)c1. The fourth-order valence-corrected chi connectivity index (χ4v) is 3.65. The van der Waals surface area contributed by atoms with Gasteiger partial charge in [-0.05, 0) is 43.5 Å². The molecular formula is C15H24N2O2S. The van der Waals surface area contributed by atoms with Gasteiger partial charge in [0.05, 0.1) is 4.90 Å². The number of hydrogen-bond donors (Lipinski definition) is 2. The highest BCUT2D eigenvalue weighted by atomic mass is 32.2. The highest BCUT2D eigenvalue weighted by Crippen LogP contribution is 2.31. The van der Waals surface area contributed by atoms with Crippen molar-refractivity contribution in [1.29, 1.82) is 0 Å². The Labute approximate surface area is 122 Å². The van der Waals surface area contributed by atoms with E-state index in [4.69, 9.17) is 0 Å². The van der Waals surface area contributed by atoms with Gasteiger partial charge in [-0.25, -0.2) is 13.1 Å². The minimum atomic E-state index is -3.38. The highest BCUT2D eigenvalue weighted by Gasteiger charge is 2.27. The molecule has 1 saturated carbocycles. The molecule has 3 unspecified atom stereocenters. The standard InChI is InChI=1S/C15H24N2O2S/c1-11-6-4-9-15(12(11)2)17-13-7-5-8-14(10-13)20(18,19)16-3/h5,7-8,10-12,15-17H,4,6,9H2,1-3H3. The zero-order valence-electron chi connectivity index (χ0n) is 12.4. The van der Waals surface area contributed by atoms with E-state index in [1.807, 2.05) is 6.07 Å². The van der Waals surface area contributed by atoms with Crippen molar-refractivity contribution in [3.8, 4) is 0 Å². The van der Waals surface area contributed by atoms with Gasteiger partial charge in [0.2, 0.25) is 10.0 Å². The molecule has 5 heteroatoms. The van der Waals surface area contributed by atoms with E-state index in [0.717, 1.165) is 12.1 Å². The van der Waals surface area contributed by atoms with Crippen molar-refractivity contribution in [2.75, 3.05) is 12.4 Å². The molecule has 0 aromatic heterocycles. The van der Waals surface area contributed by atoms with Crippen LogP contribution < -0.4 is 10.0 Å². The van der Waals surface area contributed by atoms with Gasteiger partial charge in [-0.15, -0.1) is 0 Å². The number of benzene rings is 1. The van der Waals surface area contributed by atoms with E-state index in [0.29, 0.717) is 22.8 Å². The van der Waals surface area contributed by atoms with Gasteiger partial charge in [0.1, 0.15) is 0 Å². The number of rotatable bonds is 4. The molecule has 0 aliphatic heterocycles. The molecule has 112 valence electrons. The Bertz CT molecular complexity index is 557. The second-order valence-electron chi connectivity index (χ2n) is 5.75. The smallest absolute Gasteiger partial charge is 0.240 e. The van der Waals surface area contributed by atoms with E-state index in [-0.39, 0.29) is 0 Å². The minimum absolute atomic E-state index is 0.307. The molecule has 0 radical (unpaired) electrons. The molecule has 1 aromatic carbocycles. The first-order chi connectivity index (χ1) is 9.44. The van der Waals surface area contributed by atoms with Crippen molar-refractivity contribution in [2.45, 2.75) is 44.0 Å².